The molecule has 3 N–H and O–H groups in total. The molecule has 1 atom stereocenters. The van der Waals surface area contributed by atoms with E-state index < -0.39 is 5.41 Å². The van der Waals surface area contributed by atoms with Crippen LogP contribution in [0, 0.1) is 11.2 Å². The molecule has 1 aromatic carbocycles. The number of rotatable bonds is 6. The van der Waals surface area contributed by atoms with Gasteiger partial charge in [0.15, 0.2) is 0 Å². The van der Waals surface area contributed by atoms with E-state index in [1.54, 1.807) is 0 Å². The molecule has 0 aromatic heterocycles. The predicted octanol–water partition coefficient (Wildman–Crippen LogP) is 3.40. The lowest BCUT2D eigenvalue weighted by atomic mass is 9.91. The quantitative estimate of drug-likeness (QED) is 0.684. The van der Waals surface area contributed by atoms with Gasteiger partial charge in [0.05, 0.1) is 11.5 Å². The summed E-state index contributed by atoms with van der Waals surface area (Å²) in [5.41, 5.74) is 6.85. The average Bonchev–Trinajstić information content (AvgIpc) is 2.61. The molecular formula is C19H34Cl3FN4O. The molecular weight excluding hydrogens is 426 g/mol. The van der Waals surface area contributed by atoms with Gasteiger partial charge < -0.3 is 20.9 Å². The van der Waals surface area contributed by atoms with E-state index in [9.17, 15) is 9.18 Å². The summed E-state index contributed by atoms with van der Waals surface area (Å²) < 4.78 is 13.9. The monoisotopic (exact) mass is 458 g/mol. The number of halogens is 4. The van der Waals surface area contributed by atoms with Crippen LogP contribution in [0.5, 0.6) is 0 Å². The Kier molecular flexibility index (Phi) is 13.3. The molecule has 9 heteroatoms. The Morgan fingerprint density at radius 1 is 1.21 bits per heavy atom. The molecule has 1 unspecified atom stereocenters. The van der Waals surface area contributed by atoms with Crippen LogP contribution in [-0.4, -0.2) is 50.1 Å². The Morgan fingerprint density at radius 3 is 2.29 bits per heavy atom. The van der Waals surface area contributed by atoms with Crippen molar-refractivity contribution in [3.63, 3.8) is 0 Å². The van der Waals surface area contributed by atoms with E-state index in [4.69, 9.17) is 5.73 Å². The Morgan fingerprint density at radius 2 is 1.79 bits per heavy atom. The SMILES string of the molecule is CCN1CCN(c2ccc(F)cc2C(C)NC(=O)C(C)(C)CN)CC1.Cl.Cl.Cl. The number of amides is 1. The van der Waals surface area contributed by atoms with E-state index in [0.717, 1.165) is 44.0 Å². The second-order valence-corrected chi connectivity index (χ2v) is 7.41. The molecule has 1 fully saturated rings. The van der Waals surface area contributed by atoms with E-state index in [0.29, 0.717) is 0 Å². The lowest BCUT2D eigenvalue weighted by molar-refractivity contribution is -0.129. The third kappa shape index (κ3) is 7.23. The average molecular weight is 460 g/mol. The highest BCUT2D eigenvalue weighted by Gasteiger charge is 2.28. The van der Waals surface area contributed by atoms with Crippen molar-refractivity contribution in [2.75, 3.05) is 44.2 Å². The molecule has 0 aliphatic carbocycles. The van der Waals surface area contributed by atoms with Gasteiger partial charge >= 0.3 is 0 Å². The normalized spacial score (nSPS) is 15.6. The fourth-order valence-electron chi connectivity index (χ4n) is 3.03. The van der Waals surface area contributed by atoms with Crippen LogP contribution in [0.4, 0.5) is 10.1 Å². The second kappa shape index (κ2) is 12.7. The summed E-state index contributed by atoms with van der Waals surface area (Å²) in [5.74, 6) is -0.404. The Bertz CT molecular complexity index is 611. The number of carbonyl (C=O) groups excluding carboxylic acids is 1. The number of anilines is 1. The summed E-state index contributed by atoms with van der Waals surface area (Å²) in [4.78, 5) is 17.1. The summed E-state index contributed by atoms with van der Waals surface area (Å²) in [6.07, 6.45) is 0. The molecule has 2 rings (SSSR count). The molecule has 0 radical (unpaired) electrons. The molecule has 1 heterocycles. The third-order valence-corrected chi connectivity index (χ3v) is 5.09. The zero-order valence-corrected chi connectivity index (χ0v) is 19.5. The van der Waals surface area contributed by atoms with Crippen LogP contribution >= 0.6 is 37.2 Å². The van der Waals surface area contributed by atoms with Crippen LogP contribution in [0.3, 0.4) is 0 Å². The highest BCUT2D eigenvalue weighted by atomic mass is 35.5. The fraction of sp³-hybridized carbons (Fsp3) is 0.632. The number of hydrogen-bond acceptors (Lipinski definition) is 4. The number of nitrogens with two attached hydrogens (primary N) is 1. The van der Waals surface area contributed by atoms with Crippen molar-refractivity contribution >= 4 is 48.8 Å². The molecule has 164 valence electrons. The van der Waals surface area contributed by atoms with E-state index in [1.807, 2.05) is 26.8 Å². The Labute approximate surface area is 186 Å². The fourth-order valence-corrected chi connectivity index (χ4v) is 3.03. The van der Waals surface area contributed by atoms with Crippen LogP contribution in [0.1, 0.15) is 39.3 Å². The van der Waals surface area contributed by atoms with Crippen molar-refractivity contribution in [2.24, 2.45) is 11.1 Å². The third-order valence-electron chi connectivity index (χ3n) is 5.09. The summed E-state index contributed by atoms with van der Waals surface area (Å²) >= 11 is 0. The maximum Gasteiger partial charge on any atom is 0.227 e. The Hall–Kier alpha value is -0.790. The van der Waals surface area contributed by atoms with Crippen LogP contribution < -0.4 is 16.0 Å². The van der Waals surface area contributed by atoms with E-state index >= 15 is 0 Å². The first-order chi connectivity index (χ1) is 11.8. The van der Waals surface area contributed by atoms with Crippen LogP contribution in [0.25, 0.3) is 0 Å². The molecule has 0 saturated carbocycles. The largest absolute Gasteiger partial charge is 0.369 e. The summed E-state index contributed by atoms with van der Waals surface area (Å²) in [7, 11) is 0. The minimum Gasteiger partial charge on any atom is -0.369 e. The predicted molar refractivity (Wildman–Crippen MR) is 122 cm³/mol. The van der Waals surface area contributed by atoms with Crippen LogP contribution in [-0.2, 0) is 4.79 Å². The standard InChI is InChI=1S/C19H31FN4O.3ClH/c1-5-23-8-10-24(11-9-23)17-7-6-15(20)12-16(17)14(2)22-18(25)19(3,4)13-21;;;/h6-7,12,14H,5,8-11,13,21H2,1-4H3,(H,22,25);3*1H. The molecule has 1 aromatic rings. The van der Waals surface area contributed by atoms with Gasteiger partial charge in [0, 0.05) is 44.0 Å². The maximum atomic E-state index is 13.9. The van der Waals surface area contributed by atoms with Gasteiger partial charge in [0.25, 0.3) is 0 Å². The number of benzene rings is 1. The van der Waals surface area contributed by atoms with E-state index in [-0.39, 0.29) is 61.5 Å². The lowest BCUT2D eigenvalue weighted by Gasteiger charge is -2.37. The Balaban J connectivity index is 0. The van der Waals surface area contributed by atoms with Crippen molar-refractivity contribution in [3.05, 3.63) is 29.6 Å². The van der Waals surface area contributed by atoms with Crippen LogP contribution in [0.2, 0.25) is 0 Å². The first kappa shape index (κ1) is 29.4. The molecule has 1 saturated heterocycles. The maximum absolute atomic E-state index is 13.9. The highest BCUT2D eigenvalue weighted by molar-refractivity contribution is 5.86. The number of hydrogen-bond donors (Lipinski definition) is 2. The smallest absolute Gasteiger partial charge is 0.227 e. The van der Waals surface area contributed by atoms with Gasteiger partial charge in [-0.15, -0.1) is 37.2 Å². The second-order valence-electron chi connectivity index (χ2n) is 7.41. The van der Waals surface area contributed by atoms with E-state index in [2.05, 4.69) is 22.0 Å². The van der Waals surface area contributed by atoms with Crippen LogP contribution in [0.15, 0.2) is 18.2 Å². The van der Waals surface area contributed by atoms with E-state index in [1.165, 1.54) is 12.1 Å². The summed E-state index contributed by atoms with van der Waals surface area (Å²) in [6.45, 7) is 12.8. The topological polar surface area (TPSA) is 61.6 Å². The van der Waals surface area contributed by atoms with Gasteiger partial charge in [0.2, 0.25) is 5.91 Å². The highest BCUT2D eigenvalue weighted by Crippen LogP contribution is 2.29. The van der Waals surface area contributed by atoms with Crippen molar-refractivity contribution in [3.8, 4) is 0 Å². The van der Waals surface area contributed by atoms with Gasteiger partial charge in [-0.1, -0.05) is 6.92 Å². The minimum absolute atomic E-state index is 0. The number of nitrogens with zero attached hydrogens (tertiary/aromatic N) is 2. The zero-order valence-electron chi connectivity index (χ0n) is 17.0. The van der Waals surface area contributed by atoms with Crippen molar-refractivity contribution in [1.82, 2.24) is 10.2 Å². The summed E-state index contributed by atoms with van der Waals surface area (Å²) in [5, 5.41) is 2.99. The lowest BCUT2D eigenvalue weighted by Crippen LogP contribution is -2.47. The molecule has 0 spiro atoms. The minimum atomic E-state index is -0.644. The van der Waals surface area contributed by atoms with Crippen molar-refractivity contribution < 1.29 is 9.18 Å². The molecule has 1 aliphatic rings. The van der Waals surface area contributed by atoms with Crippen molar-refractivity contribution in [1.29, 1.82) is 0 Å². The first-order valence-electron chi connectivity index (χ1n) is 9.06. The zero-order chi connectivity index (χ0) is 18.6. The molecule has 1 amide bonds. The number of likely N-dealkylation sites (N-methyl/N-ethyl adjacent to an activating group) is 1. The molecule has 1 aliphatic heterocycles. The van der Waals surface area contributed by atoms with Gasteiger partial charge in [-0.3, -0.25) is 4.79 Å². The van der Waals surface area contributed by atoms with Gasteiger partial charge in [-0.05, 0) is 45.5 Å². The number of carbonyl (C=O) groups is 1. The number of piperazine rings is 1. The number of nitrogens with one attached hydrogen (secondary N) is 1. The van der Waals surface area contributed by atoms with Gasteiger partial charge in [-0.2, -0.15) is 0 Å². The molecule has 0 bridgehead atoms. The molecule has 5 nitrogen and oxygen atoms in total. The first-order valence-corrected chi connectivity index (χ1v) is 9.06. The van der Waals surface area contributed by atoms with Gasteiger partial charge in [0.1, 0.15) is 5.82 Å². The molecule has 28 heavy (non-hydrogen) atoms. The van der Waals surface area contributed by atoms with Gasteiger partial charge in [-0.25, -0.2) is 4.39 Å². The summed E-state index contributed by atoms with van der Waals surface area (Å²) in [6, 6.07) is 4.56. The van der Waals surface area contributed by atoms with Crippen molar-refractivity contribution in [2.45, 2.75) is 33.7 Å².